The number of hydrogen-bond donors (Lipinski definition) is 1. The lowest BCUT2D eigenvalue weighted by atomic mass is 10.1. The zero-order chi connectivity index (χ0) is 14.2. The Hall–Kier alpha value is -2.10. The molecule has 2 rings (SSSR count). The molecule has 0 saturated heterocycles. The number of carboxylic acids is 1. The van der Waals surface area contributed by atoms with Gasteiger partial charge in [0.2, 0.25) is 0 Å². The average molecular weight is 261 g/mol. The molecule has 1 aromatic heterocycles. The molecule has 0 radical (unpaired) electrons. The molecule has 1 aromatic carbocycles. The summed E-state index contributed by atoms with van der Waals surface area (Å²) < 4.78 is 15.3. The first-order chi connectivity index (χ1) is 8.91. The maximum absolute atomic E-state index is 13.6. The quantitative estimate of drug-likeness (QED) is 0.911. The second kappa shape index (κ2) is 4.88. The van der Waals surface area contributed by atoms with Crippen LogP contribution in [0.15, 0.2) is 30.3 Å². The van der Waals surface area contributed by atoms with Crippen LogP contribution in [0.3, 0.4) is 0 Å². The van der Waals surface area contributed by atoms with Crippen LogP contribution in [0.1, 0.15) is 35.9 Å². The number of carboxylic acid groups (broad SMARTS) is 1. The fraction of sp³-hybridized carbons (Fsp3) is 0.267. The van der Waals surface area contributed by atoms with E-state index in [2.05, 4.69) is 0 Å². The highest BCUT2D eigenvalue weighted by molar-refractivity contribution is 5.87. The maximum Gasteiger partial charge on any atom is 0.352 e. The zero-order valence-electron chi connectivity index (χ0n) is 11.1. The highest BCUT2D eigenvalue weighted by Gasteiger charge is 2.17. The Morgan fingerprint density at radius 1 is 1.26 bits per heavy atom. The average Bonchev–Trinajstić information content (AvgIpc) is 2.77. The summed E-state index contributed by atoms with van der Waals surface area (Å²) in [5.74, 6) is -1.27. The molecule has 0 aliphatic carbocycles. The number of hydrogen-bond acceptors (Lipinski definition) is 1. The standard InChI is InChI=1S/C15H16FNO2/c1-9(2)17-13(6-7-14(17)15(18)19)11-5-4-10(3)12(16)8-11/h4-9H,1-3H3,(H,18,19). The third kappa shape index (κ3) is 2.38. The number of aryl methyl sites for hydroxylation is 1. The molecule has 1 heterocycles. The molecule has 0 fully saturated rings. The van der Waals surface area contributed by atoms with Crippen molar-refractivity contribution in [3.63, 3.8) is 0 Å². The first-order valence-electron chi connectivity index (χ1n) is 6.13. The van der Waals surface area contributed by atoms with Crippen molar-refractivity contribution < 1.29 is 14.3 Å². The van der Waals surface area contributed by atoms with E-state index in [4.69, 9.17) is 0 Å². The number of nitrogens with zero attached hydrogens (tertiary/aromatic N) is 1. The molecule has 1 N–H and O–H groups in total. The SMILES string of the molecule is Cc1ccc(-c2ccc(C(=O)O)n2C(C)C)cc1F. The Balaban J connectivity index is 2.62. The molecule has 0 unspecified atom stereocenters. The summed E-state index contributed by atoms with van der Waals surface area (Å²) >= 11 is 0. The highest BCUT2D eigenvalue weighted by atomic mass is 19.1. The van der Waals surface area contributed by atoms with E-state index < -0.39 is 5.97 Å². The van der Waals surface area contributed by atoms with Gasteiger partial charge in [-0.15, -0.1) is 0 Å². The Labute approximate surface area is 111 Å². The van der Waals surface area contributed by atoms with Gasteiger partial charge in [0.25, 0.3) is 0 Å². The van der Waals surface area contributed by atoms with Crippen molar-refractivity contribution in [1.82, 2.24) is 4.57 Å². The third-order valence-electron chi connectivity index (χ3n) is 3.12. The minimum Gasteiger partial charge on any atom is -0.477 e. The molecule has 0 atom stereocenters. The van der Waals surface area contributed by atoms with Gasteiger partial charge in [0, 0.05) is 17.3 Å². The number of halogens is 1. The molecular formula is C15H16FNO2. The monoisotopic (exact) mass is 261 g/mol. The second-order valence-electron chi connectivity index (χ2n) is 4.84. The summed E-state index contributed by atoms with van der Waals surface area (Å²) in [5.41, 5.74) is 2.19. The van der Waals surface area contributed by atoms with Gasteiger partial charge in [-0.3, -0.25) is 0 Å². The molecule has 3 nitrogen and oxygen atoms in total. The van der Waals surface area contributed by atoms with Crippen molar-refractivity contribution in [2.45, 2.75) is 26.8 Å². The summed E-state index contributed by atoms with van der Waals surface area (Å²) in [4.78, 5) is 11.2. The Bertz CT molecular complexity index is 629. The van der Waals surface area contributed by atoms with Gasteiger partial charge < -0.3 is 9.67 Å². The van der Waals surface area contributed by atoms with Crippen LogP contribution in [-0.2, 0) is 0 Å². The number of benzene rings is 1. The van der Waals surface area contributed by atoms with Crippen molar-refractivity contribution >= 4 is 5.97 Å². The topological polar surface area (TPSA) is 42.2 Å². The van der Waals surface area contributed by atoms with Crippen LogP contribution in [0.2, 0.25) is 0 Å². The molecule has 0 aliphatic heterocycles. The Morgan fingerprint density at radius 2 is 1.95 bits per heavy atom. The lowest BCUT2D eigenvalue weighted by molar-refractivity contribution is 0.0683. The molecule has 4 heteroatoms. The largest absolute Gasteiger partial charge is 0.477 e. The normalized spacial score (nSPS) is 11.0. The molecule has 0 bridgehead atoms. The van der Waals surface area contributed by atoms with Gasteiger partial charge in [-0.05, 0) is 44.5 Å². The predicted octanol–water partition coefficient (Wildman–Crippen LogP) is 3.88. The van der Waals surface area contributed by atoms with E-state index >= 15 is 0 Å². The number of carbonyl (C=O) groups is 1. The number of aromatic nitrogens is 1. The summed E-state index contributed by atoms with van der Waals surface area (Å²) in [6.45, 7) is 5.50. The van der Waals surface area contributed by atoms with Crippen LogP contribution in [0.5, 0.6) is 0 Å². The van der Waals surface area contributed by atoms with Crippen molar-refractivity contribution in [1.29, 1.82) is 0 Å². The summed E-state index contributed by atoms with van der Waals surface area (Å²) in [7, 11) is 0. The third-order valence-corrected chi connectivity index (χ3v) is 3.12. The summed E-state index contributed by atoms with van der Waals surface area (Å²) in [6, 6.07) is 8.19. The van der Waals surface area contributed by atoms with Crippen LogP contribution in [0.4, 0.5) is 4.39 Å². The number of rotatable bonds is 3. The van der Waals surface area contributed by atoms with E-state index in [0.717, 1.165) is 0 Å². The van der Waals surface area contributed by atoms with Gasteiger partial charge >= 0.3 is 5.97 Å². The van der Waals surface area contributed by atoms with Crippen molar-refractivity contribution in [2.75, 3.05) is 0 Å². The van der Waals surface area contributed by atoms with Crippen LogP contribution in [-0.4, -0.2) is 15.6 Å². The highest BCUT2D eigenvalue weighted by Crippen LogP contribution is 2.27. The fourth-order valence-electron chi connectivity index (χ4n) is 2.17. The smallest absolute Gasteiger partial charge is 0.352 e. The molecule has 0 aliphatic rings. The van der Waals surface area contributed by atoms with Gasteiger partial charge in [0.05, 0.1) is 0 Å². The second-order valence-corrected chi connectivity index (χ2v) is 4.84. The Morgan fingerprint density at radius 3 is 2.47 bits per heavy atom. The molecule has 19 heavy (non-hydrogen) atoms. The van der Waals surface area contributed by atoms with Gasteiger partial charge in [0.1, 0.15) is 11.5 Å². The molecule has 0 saturated carbocycles. The van der Waals surface area contributed by atoms with Crippen molar-refractivity contribution in [2.24, 2.45) is 0 Å². The molecular weight excluding hydrogens is 245 g/mol. The van der Waals surface area contributed by atoms with Crippen molar-refractivity contribution in [3.8, 4) is 11.3 Å². The molecule has 0 spiro atoms. The van der Waals surface area contributed by atoms with E-state index in [1.807, 2.05) is 13.8 Å². The van der Waals surface area contributed by atoms with Crippen molar-refractivity contribution in [3.05, 3.63) is 47.4 Å². The number of aromatic carboxylic acids is 1. The molecule has 2 aromatic rings. The lowest BCUT2D eigenvalue weighted by Crippen LogP contribution is -2.11. The van der Waals surface area contributed by atoms with Gasteiger partial charge in [0.15, 0.2) is 0 Å². The van der Waals surface area contributed by atoms with Crippen LogP contribution in [0.25, 0.3) is 11.3 Å². The van der Waals surface area contributed by atoms with E-state index in [9.17, 15) is 14.3 Å². The van der Waals surface area contributed by atoms with Crippen LogP contribution < -0.4 is 0 Å². The van der Waals surface area contributed by atoms with E-state index in [0.29, 0.717) is 16.8 Å². The first-order valence-corrected chi connectivity index (χ1v) is 6.13. The van der Waals surface area contributed by atoms with Gasteiger partial charge in [-0.1, -0.05) is 12.1 Å². The minimum atomic E-state index is -0.979. The van der Waals surface area contributed by atoms with Gasteiger partial charge in [-0.2, -0.15) is 0 Å². The van der Waals surface area contributed by atoms with Gasteiger partial charge in [-0.25, -0.2) is 9.18 Å². The van der Waals surface area contributed by atoms with Crippen LogP contribution in [0, 0.1) is 12.7 Å². The summed E-state index contributed by atoms with van der Waals surface area (Å²) in [5, 5.41) is 9.18. The maximum atomic E-state index is 13.6. The summed E-state index contributed by atoms with van der Waals surface area (Å²) in [6.07, 6.45) is 0. The fourth-order valence-corrected chi connectivity index (χ4v) is 2.17. The van der Waals surface area contributed by atoms with E-state index in [-0.39, 0.29) is 17.6 Å². The Kier molecular flexibility index (Phi) is 3.42. The zero-order valence-corrected chi connectivity index (χ0v) is 11.1. The lowest BCUT2D eigenvalue weighted by Gasteiger charge is -2.16. The molecule has 100 valence electrons. The minimum absolute atomic E-state index is 0.0135. The molecule has 0 amide bonds. The predicted molar refractivity (Wildman–Crippen MR) is 71.9 cm³/mol. The van der Waals surface area contributed by atoms with E-state index in [1.54, 1.807) is 35.8 Å². The van der Waals surface area contributed by atoms with Crippen LogP contribution >= 0.6 is 0 Å². The van der Waals surface area contributed by atoms with E-state index in [1.165, 1.54) is 6.07 Å². The first kappa shape index (κ1) is 13.3.